The fraction of sp³-hybridized carbons (Fsp3) is 0.714. The topological polar surface area (TPSA) is 63.0 Å². The summed E-state index contributed by atoms with van der Waals surface area (Å²) in [6.07, 6.45) is 11.8. The molecule has 0 saturated heterocycles. The molecule has 0 aliphatic rings. The fourth-order valence-electron chi connectivity index (χ4n) is 3.52. The molecule has 0 bridgehead atoms. The molecule has 0 amide bonds. The number of nitrogens with zero attached hydrogens (tertiary/aromatic N) is 3. The number of aromatic nitrogens is 3. The van der Waals surface area contributed by atoms with Crippen molar-refractivity contribution in [2.75, 3.05) is 11.9 Å². The van der Waals surface area contributed by atoms with E-state index in [9.17, 15) is 5.11 Å². The third kappa shape index (κ3) is 4.56. The highest BCUT2D eigenvalue weighted by molar-refractivity contribution is 5.91. The number of hydrogen-bond donors (Lipinski definition) is 2. The Morgan fingerprint density at radius 2 is 1.65 bits per heavy atom. The van der Waals surface area contributed by atoms with Crippen LogP contribution in [0.5, 0.6) is 0 Å². The van der Waals surface area contributed by atoms with E-state index < -0.39 is 5.60 Å². The molecule has 0 atom stereocenters. The predicted octanol–water partition coefficient (Wildman–Crippen LogP) is 5.23. The lowest BCUT2D eigenvalue weighted by Crippen LogP contribution is -2.27. The number of unbranched alkanes of at least 4 members (excludes halogenated alkanes) is 3. The Morgan fingerprint density at radius 1 is 1.00 bits per heavy atom. The molecule has 0 radical (unpaired) electrons. The van der Waals surface area contributed by atoms with Crippen LogP contribution in [0.3, 0.4) is 0 Å². The average Bonchev–Trinajstić information content (AvgIpc) is 3.08. The Kier molecular flexibility index (Phi) is 7.88. The minimum atomic E-state index is -0.823. The molecule has 146 valence electrons. The maximum atomic E-state index is 11.6. The van der Waals surface area contributed by atoms with Gasteiger partial charge >= 0.3 is 0 Å². The Bertz CT molecular complexity index is 672. The highest BCUT2D eigenvalue weighted by Gasteiger charge is 2.32. The molecule has 0 fully saturated rings. The zero-order valence-corrected chi connectivity index (χ0v) is 17.0. The van der Waals surface area contributed by atoms with Crippen LogP contribution in [0.2, 0.25) is 0 Å². The zero-order chi connectivity index (χ0) is 19.0. The molecule has 2 N–H and O–H groups in total. The number of pyridine rings is 1. The maximum Gasteiger partial charge on any atom is 0.159 e. The zero-order valence-electron chi connectivity index (χ0n) is 17.0. The highest BCUT2D eigenvalue weighted by Crippen LogP contribution is 2.39. The van der Waals surface area contributed by atoms with Gasteiger partial charge in [0.2, 0.25) is 0 Å². The molecule has 2 aromatic heterocycles. The van der Waals surface area contributed by atoms with E-state index in [4.69, 9.17) is 0 Å². The summed E-state index contributed by atoms with van der Waals surface area (Å²) in [4.78, 5) is 4.68. The third-order valence-corrected chi connectivity index (χ3v) is 5.19. The second kappa shape index (κ2) is 9.91. The van der Waals surface area contributed by atoms with Crippen LogP contribution in [0, 0.1) is 0 Å². The Labute approximate surface area is 158 Å². The first-order chi connectivity index (χ1) is 12.6. The quantitative estimate of drug-likeness (QED) is 0.509. The lowest BCUT2D eigenvalue weighted by molar-refractivity contribution is 0.0146. The molecule has 2 rings (SSSR count). The maximum absolute atomic E-state index is 11.6. The molecule has 0 aliphatic heterocycles. The van der Waals surface area contributed by atoms with Crippen molar-refractivity contribution in [2.24, 2.45) is 0 Å². The van der Waals surface area contributed by atoms with Gasteiger partial charge in [-0.1, -0.05) is 52.9 Å². The summed E-state index contributed by atoms with van der Waals surface area (Å²) in [5.74, 6) is 0. The first kappa shape index (κ1) is 20.7. The molecule has 26 heavy (non-hydrogen) atoms. The van der Waals surface area contributed by atoms with E-state index in [2.05, 4.69) is 43.1 Å². The van der Waals surface area contributed by atoms with Gasteiger partial charge < -0.3 is 10.4 Å². The first-order valence-corrected chi connectivity index (χ1v) is 10.4. The molecular weight excluding hydrogens is 324 g/mol. The van der Waals surface area contributed by atoms with Crippen molar-refractivity contribution in [1.82, 2.24) is 14.8 Å². The summed E-state index contributed by atoms with van der Waals surface area (Å²) >= 11 is 0. The van der Waals surface area contributed by atoms with E-state index in [-0.39, 0.29) is 0 Å². The van der Waals surface area contributed by atoms with Gasteiger partial charge in [0.1, 0.15) is 0 Å². The Balaban J connectivity index is 2.51. The Morgan fingerprint density at radius 3 is 2.23 bits per heavy atom. The van der Waals surface area contributed by atoms with Crippen LogP contribution < -0.4 is 5.32 Å². The van der Waals surface area contributed by atoms with Gasteiger partial charge in [0.05, 0.1) is 22.9 Å². The third-order valence-electron chi connectivity index (χ3n) is 5.19. The van der Waals surface area contributed by atoms with E-state index in [1.165, 1.54) is 0 Å². The van der Waals surface area contributed by atoms with Crippen molar-refractivity contribution < 1.29 is 5.11 Å². The van der Waals surface area contributed by atoms with Crippen molar-refractivity contribution in [3.8, 4) is 0 Å². The van der Waals surface area contributed by atoms with E-state index >= 15 is 0 Å². The molecule has 0 unspecified atom stereocenters. The Hall–Kier alpha value is -1.62. The summed E-state index contributed by atoms with van der Waals surface area (Å²) in [7, 11) is 0. The van der Waals surface area contributed by atoms with Gasteiger partial charge in [-0.3, -0.25) is 0 Å². The van der Waals surface area contributed by atoms with Gasteiger partial charge in [0.25, 0.3) is 0 Å². The normalized spacial score (nSPS) is 12.0. The van der Waals surface area contributed by atoms with Crippen LogP contribution in [0.1, 0.15) is 84.6 Å². The van der Waals surface area contributed by atoms with Gasteiger partial charge in [-0.05, 0) is 26.2 Å². The predicted molar refractivity (Wildman–Crippen MR) is 110 cm³/mol. The van der Waals surface area contributed by atoms with Crippen LogP contribution in [-0.4, -0.2) is 26.4 Å². The van der Waals surface area contributed by atoms with Crippen molar-refractivity contribution in [3.05, 3.63) is 18.0 Å². The van der Waals surface area contributed by atoms with E-state index in [0.717, 1.165) is 86.7 Å². The summed E-state index contributed by atoms with van der Waals surface area (Å²) in [6, 6.07) is 0. The van der Waals surface area contributed by atoms with E-state index in [0.29, 0.717) is 0 Å². The summed E-state index contributed by atoms with van der Waals surface area (Å²) in [5.41, 5.74) is 2.04. The standard InChI is InChI=1S/C21H36N4O/c1-5-9-12-21(26,13-10-6-2)18-16-23-20-17(15-24-25(20)8-4)19(18)22-14-11-7-3/h15-16,26H,5-14H2,1-4H3,(H,22,23). The monoisotopic (exact) mass is 360 g/mol. The van der Waals surface area contributed by atoms with Crippen molar-refractivity contribution in [2.45, 2.75) is 91.2 Å². The van der Waals surface area contributed by atoms with Crippen LogP contribution in [-0.2, 0) is 12.1 Å². The van der Waals surface area contributed by atoms with Gasteiger partial charge in [-0.25, -0.2) is 9.67 Å². The van der Waals surface area contributed by atoms with Gasteiger partial charge in [-0.2, -0.15) is 5.10 Å². The first-order valence-electron chi connectivity index (χ1n) is 10.4. The minimum Gasteiger partial charge on any atom is -0.385 e. The smallest absolute Gasteiger partial charge is 0.159 e. The second-order valence-corrected chi connectivity index (χ2v) is 7.26. The van der Waals surface area contributed by atoms with E-state index in [1.807, 2.05) is 17.1 Å². The fourth-order valence-corrected chi connectivity index (χ4v) is 3.52. The van der Waals surface area contributed by atoms with Crippen LogP contribution >= 0.6 is 0 Å². The number of rotatable bonds is 12. The SMILES string of the molecule is CCCCNc1c(C(O)(CCCC)CCCC)cnc2c1cnn2CC. The van der Waals surface area contributed by atoms with Gasteiger partial charge in [0.15, 0.2) is 5.65 Å². The van der Waals surface area contributed by atoms with Crippen molar-refractivity contribution in [1.29, 1.82) is 0 Å². The molecule has 2 aromatic rings. The number of hydrogen-bond acceptors (Lipinski definition) is 4. The van der Waals surface area contributed by atoms with Gasteiger partial charge in [-0.15, -0.1) is 0 Å². The largest absolute Gasteiger partial charge is 0.385 e. The van der Waals surface area contributed by atoms with Crippen molar-refractivity contribution >= 4 is 16.7 Å². The number of nitrogens with one attached hydrogen (secondary N) is 1. The molecule has 0 aromatic carbocycles. The van der Waals surface area contributed by atoms with Crippen LogP contribution in [0.25, 0.3) is 11.0 Å². The lowest BCUT2D eigenvalue weighted by atomic mass is 9.83. The summed E-state index contributed by atoms with van der Waals surface area (Å²) < 4.78 is 1.92. The number of fused-ring (bicyclic) bond motifs is 1. The minimum absolute atomic E-state index is 0.779. The van der Waals surface area contributed by atoms with Crippen molar-refractivity contribution in [3.63, 3.8) is 0 Å². The number of aryl methyl sites for hydroxylation is 1. The van der Waals surface area contributed by atoms with Crippen LogP contribution in [0.15, 0.2) is 12.4 Å². The molecule has 0 saturated carbocycles. The molecular formula is C21H36N4O. The molecule has 0 aliphatic carbocycles. The lowest BCUT2D eigenvalue weighted by Gasteiger charge is -2.31. The molecule has 5 heteroatoms. The second-order valence-electron chi connectivity index (χ2n) is 7.26. The highest BCUT2D eigenvalue weighted by atomic mass is 16.3. The number of aliphatic hydroxyl groups is 1. The number of anilines is 1. The molecule has 5 nitrogen and oxygen atoms in total. The molecule has 2 heterocycles. The van der Waals surface area contributed by atoms with Crippen LogP contribution in [0.4, 0.5) is 5.69 Å². The average molecular weight is 361 g/mol. The van der Waals surface area contributed by atoms with Gasteiger partial charge in [0, 0.05) is 24.8 Å². The summed E-state index contributed by atoms with van der Waals surface area (Å²) in [6.45, 7) is 10.3. The van der Waals surface area contributed by atoms with E-state index in [1.54, 1.807) is 0 Å². The summed E-state index contributed by atoms with van der Waals surface area (Å²) in [5, 5.41) is 20.7. The molecule has 0 spiro atoms.